The Morgan fingerprint density at radius 1 is 1.33 bits per heavy atom. The molecule has 1 heterocycles. The SMILES string of the molecule is OCCOc1ncc(OCC#CI)cn1. The van der Waals surface area contributed by atoms with Crippen LogP contribution in [0.25, 0.3) is 0 Å². The summed E-state index contributed by atoms with van der Waals surface area (Å²) in [7, 11) is 0. The van der Waals surface area contributed by atoms with Crippen LogP contribution in [0.5, 0.6) is 11.8 Å². The molecule has 80 valence electrons. The molecular weight excluding hydrogens is 311 g/mol. The van der Waals surface area contributed by atoms with Crippen molar-refractivity contribution in [3.8, 4) is 21.6 Å². The normalized spacial score (nSPS) is 8.93. The molecule has 0 bridgehead atoms. The summed E-state index contributed by atoms with van der Waals surface area (Å²) in [5, 5.41) is 8.50. The van der Waals surface area contributed by atoms with Crippen molar-refractivity contribution in [1.82, 2.24) is 9.97 Å². The third-order valence-electron chi connectivity index (χ3n) is 1.30. The van der Waals surface area contributed by atoms with Crippen LogP contribution in [0.2, 0.25) is 0 Å². The number of halogens is 1. The Morgan fingerprint density at radius 3 is 2.67 bits per heavy atom. The number of hydrogen-bond acceptors (Lipinski definition) is 5. The quantitative estimate of drug-likeness (QED) is 0.637. The number of nitrogens with zero attached hydrogens (tertiary/aromatic N) is 2. The number of aromatic nitrogens is 2. The predicted molar refractivity (Wildman–Crippen MR) is 61.9 cm³/mol. The van der Waals surface area contributed by atoms with Crippen molar-refractivity contribution >= 4 is 22.6 Å². The van der Waals surface area contributed by atoms with Gasteiger partial charge in [-0.2, -0.15) is 9.97 Å². The van der Waals surface area contributed by atoms with E-state index in [4.69, 9.17) is 14.6 Å². The molecule has 1 aromatic rings. The summed E-state index contributed by atoms with van der Waals surface area (Å²) < 4.78 is 12.9. The van der Waals surface area contributed by atoms with Gasteiger partial charge in [0.1, 0.15) is 13.2 Å². The van der Waals surface area contributed by atoms with Gasteiger partial charge in [-0.1, -0.05) is 5.92 Å². The lowest BCUT2D eigenvalue weighted by Crippen LogP contribution is -2.04. The first-order chi connectivity index (χ1) is 7.36. The lowest BCUT2D eigenvalue weighted by atomic mass is 10.6. The predicted octanol–water partition coefficient (Wildman–Crippen LogP) is 0.622. The number of hydrogen-bond donors (Lipinski definition) is 1. The smallest absolute Gasteiger partial charge is 0.316 e. The van der Waals surface area contributed by atoms with E-state index in [1.807, 2.05) is 22.6 Å². The van der Waals surface area contributed by atoms with Crippen LogP contribution in [0.1, 0.15) is 0 Å². The van der Waals surface area contributed by atoms with Gasteiger partial charge in [0.25, 0.3) is 0 Å². The molecule has 0 atom stereocenters. The summed E-state index contributed by atoms with van der Waals surface area (Å²) in [5.41, 5.74) is 0. The molecule has 6 heteroatoms. The maximum atomic E-state index is 8.50. The van der Waals surface area contributed by atoms with E-state index >= 15 is 0 Å². The van der Waals surface area contributed by atoms with Gasteiger partial charge in [-0.15, -0.1) is 0 Å². The monoisotopic (exact) mass is 320 g/mol. The molecule has 0 radical (unpaired) electrons. The second kappa shape index (κ2) is 7.25. The Hall–Kier alpha value is -1.07. The van der Waals surface area contributed by atoms with E-state index in [0.717, 1.165) is 0 Å². The summed E-state index contributed by atoms with van der Waals surface area (Å²) in [5.74, 6) is 3.27. The highest BCUT2D eigenvalue weighted by Gasteiger charge is 1.98. The highest BCUT2D eigenvalue weighted by atomic mass is 127. The molecule has 1 N–H and O–H groups in total. The van der Waals surface area contributed by atoms with Gasteiger partial charge in [-0.05, 0) is 3.93 Å². The Kier molecular flexibility index (Phi) is 5.80. The van der Waals surface area contributed by atoms with E-state index in [-0.39, 0.29) is 19.2 Å². The standard InChI is InChI=1S/C9H9IN2O3/c10-2-1-4-14-8-6-11-9(12-7-8)15-5-3-13/h6-7,13H,3-5H2. The van der Waals surface area contributed by atoms with Crippen LogP contribution in [0.4, 0.5) is 0 Å². The molecule has 0 saturated heterocycles. The number of rotatable bonds is 5. The fourth-order valence-corrected chi connectivity index (χ4v) is 0.893. The molecule has 1 rings (SSSR count). The number of ether oxygens (including phenoxy) is 2. The molecule has 0 spiro atoms. The van der Waals surface area contributed by atoms with E-state index in [9.17, 15) is 0 Å². The first-order valence-corrected chi connectivity index (χ1v) is 5.21. The maximum absolute atomic E-state index is 8.50. The molecule has 0 amide bonds. The van der Waals surface area contributed by atoms with Crippen LogP contribution in [-0.2, 0) is 0 Å². The average molecular weight is 320 g/mol. The first-order valence-electron chi connectivity index (χ1n) is 4.14. The molecule has 0 aliphatic heterocycles. The van der Waals surface area contributed by atoms with Crippen LogP contribution in [-0.4, -0.2) is 34.9 Å². The first kappa shape index (κ1) is 12.0. The number of aliphatic hydroxyl groups is 1. The van der Waals surface area contributed by atoms with Gasteiger partial charge >= 0.3 is 6.01 Å². The molecule has 0 saturated carbocycles. The van der Waals surface area contributed by atoms with Crippen LogP contribution in [0.3, 0.4) is 0 Å². The van der Waals surface area contributed by atoms with E-state index in [1.165, 1.54) is 12.4 Å². The van der Waals surface area contributed by atoms with Crippen molar-refractivity contribution in [2.24, 2.45) is 0 Å². The fourth-order valence-electron chi connectivity index (χ4n) is 0.737. The molecule has 0 unspecified atom stereocenters. The van der Waals surface area contributed by atoms with Crippen molar-refractivity contribution in [2.45, 2.75) is 0 Å². The molecule has 0 aromatic carbocycles. The zero-order valence-corrected chi connectivity index (χ0v) is 9.97. The number of aliphatic hydroxyl groups excluding tert-OH is 1. The lowest BCUT2D eigenvalue weighted by molar-refractivity contribution is 0.191. The highest BCUT2D eigenvalue weighted by molar-refractivity contribution is 14.1. The minimum atomic E-state index is -0.0626. The van der Waals surface area contributed by atoms with E-state index in [1.54, 1.807) is 0 Å². The molecule has 1 aromatic heterocycles. The van der Waals surface area contributed by atoms with Crippen molar-refractivity contribution < 1.29 is 14.6 Å². The van der Waals surface area contributed by atoms with Gasteiger partial charge < -0.3 is 14.6 Å². The zero-order chi connectivity index (χ0) is 10.9. The minimum absolute atomic E-state index is 0.0626. The van der Waals surface area contributed by atoms with Gasteiger partial charge in [0, 0.05) is 22.6 Å². The summed E-state index contributed by atoms with van der Waals surface area (Å²) in [6.45, 7) is 0.427. The fraction of sp³-hybridized carbons (Fsp3) is 0.333. The minimum Gasteiger partial charge on any atom is -0.478 e. The van der Waals surface area contributed by atoms with Gasteiger partial charge in [0.05, 0.1) is 19.0 Å². The Bertz CT molecular complexity index is 345. The summed E-state index contributed by atoms with van der Waals surface area (Å²) in [4.78, 5) is 7.75. The second-order valence-electron chi connectivity index (χ2n) is 2.33. The van der Waals surface area contributed by atoms with E-state index < -0.39 is 0 Å². The van der Waals surface area contributed by atoms with Crippen molar-refractivity contribution in [3.05, 3.63) is 12.4 Å². The van der Waals surface area contributed by atoms with E-state index in [0.29, 0.717) is 12.4 Å². The van der Waals surface area contributed by atoms with E-state index in [2.05, 4.69) is 19.8 Å². The Labute approximate surface area is 101 Å². The summed E-state index contributed by atoms with van der Waals surface area (Å²) >= 11 is 1.93. The maximum Gasteiger partial charge on any atom is 0.316 e. The molecule has 15 heavy (non-hydrogen) atoms. The molecular formula is C9H9IN2O3. The Morgan fingerprint density at radius 2 is 2.07 bits per heavy atom. The molecule has 0 aliphatic carbocycles. The highest BCUT2D eigenvalue weighted by Crippen LogP contribution is 2.09. The summed E-state index contributed by atoms with van der Waals surface area (Å²) in [6.07, 6.45) is 2.99. The molecule has 5 nitrogen and oxygen atoms in total. The average Bonchev–Trinajstić information content (AvgIpc) is 2.28. The van der Waals surface area contributed by atoms with Crippen LogP contribution < -0.4 is 9.47 Å². The third-order valence-corrected chi connectivity index (χ3v) is 1.69. The zero-order valence-electron chi connectivity index (χ0n) is 7.81. The van der Waals surface area contributed by atoms with Crippen molar-refractivity contribution in [3.63, 3.8) is 0 Å². The molecule has 0 aliphatic rings. The third kappa shape index (κ3) is 4.80. The largest absolute Gasteiger partial charge is 0.478 e. The lowest BCUT2D eigenvalue weighted by Gasteiger charge is -2.03. The van der Waals surface area contributed by atoms with Gasteiger partial charge in [-0.25, -0.2) is 0 Å². The summed E-state index contributed by atoms with van der Waals surface area (Å²) in [6, 6.07) is 0.219. The van der Waals surface area contributed by atoms with Crippen LogP contribution in [0, 0.1) is 9.85 Å². The van der Waals surface area contributed by atoms with Gasteiger partial charge in [0.2, 0.25) is 0 Å². The van der Waals surface area contributed by atoms with Gasteiger partial charge in [0.15, 0.2) is 5.75 Å². The van der Waals surface area contributed by atoms with Crippen LogP contribution >= 0.6 is 22.6 Å². The molecule has 0 fully saturated rings. The van der Waals surface area contributed by atoms with Crippen molar-refractivity contribution in [2.75, 3.05) is 19.8 Å². The Balaban J connectivity index is 2.43. The second-order valence-corrected chi connectivity index (χ2v) is 2.87. The van der Waals surface area contributed by atoms with Crippen molar-refractivity contribution in [1.29, 1.82) is 0 Å². The van der Waals surface area contributed by atoms with Crippen LogP contribution in [0.15, 0.2) is 12.4 Å². The topological polar surface area (TPSA) is 64.5 Å². The van der Waals surface area contributed by atoms with Gasteiger partial charge in [-0.3, -0.25) is 0 Å².